The number of carbonyl (C=O) groups excluding carboxylic acids is 1. The number of nitrogens with zero attached hydrogens (tertiary/aromatic N) is 2. The summed E-state index contributed by atoms with van der Waals surface area (Å²) in [7, 11) is 1.33. The fraction of sp³-hybridized carbons (Fsp3) is 0.133. The second-order valence-electron chi connectivity index (χ2n) is 4.44. The van der Waals surface area contributed by atoms with Crippen LogP contribution in [0.2, 0.25) is 0 Å². The molecule has 6 nitrogen and oxygen atoms in total. The van der Waals surface area contributed by atoms with Crippen LogP contribution in [0.1, 0.15) is 0 Å². The van der Waals surface area contributed by atoms with Gasteiger partial charge >= 0.3 is 5.97 Å². The van der Waals surface area contributed by atoms with Gasteiger partial charge in [-0.1, -0.05) is 30.3 Å². The molecule has 0 aliphatic rings. The standard InChI is InChI=1S/C15H12BrN3O3/c1-21-10(20)7-17-14-11-12(16)13(9-5-3-2-4-6-9)22-15(11)19-8-18-14/h2-6,8H,7H2,1H3,(H,17,18,19). The van der Waals surface area contributed by atoms with Gasteiger partial charge in [0.2, 0.25) is 5.71 Å². The lowest BCUT2D eigenvalue weighted by molar-refractivity contribution is -0.138. The van der Waals surface area contributed by atoms with Crippen LogP contribution < -0.4 is 5.32 Å². The van der Waals surface area contributed by atoms with E-state index in [1.54, 1.807) is 0 Å². The van der Waals surface area contributed by atoms with E-state index in [1.165, 1.54) is 13.4 Å². The first-order valence-corrected chi connectivity index (χ1v) is 7.29. The average Bonchev–Trinajstić information content (AvgIpc) is 2.91. The van der Waals surface area contributed by atoms with Gasteiger partial charge in [0.05, 0.1) is 17.0 Å². The molecule has 0 aliphatic heterocycles. The van der Waals surface area contributed by atoms with Crippen LogP contribution in [0.15, 0.2) is 45.5 Å². The van der Waals surface area contributed by atoms with E-state index in [1.807, 2.05) is 30.3 Å². The van der Waals surface area contributed by atoms with Gasteiger partial charge in [0.1, 0.15) is 18.7 Å². The average molecular weight is 362 g/mol. The van der Waals surface area contributed by atoms with Gasteiger partial charge in [-0.05, 0) is 15.9 Å². The van der Waals surface area contributed by atoms with E-state index in [9.17, 15) is 4.79 Å². The Morgan fingerprint density at radius 2 is 2.09 bits per heavy atom. The SMILES string of the molecule is COC(=O)CNc1ncnc2oc(-c3ccccc3)c(Br)c12. The minimum atomic E-state index is -0.380. The molecule has 3 aromatic rings. The number of furan rings is 1. The fourth-order valence-electron chi connectivity index (χ4n) is 2.04. The molecule has 1 aromatic carbocycles. The summed E-state index contributed by atoms with van der Waals surface area (Å²) in [6, 6.07) is 9.67. The highest BCUT2D eigenvalue weighted by atomic mass is 79.9. The number of carbonyl (C=O) groups is 1. The van der Waals surface area contributed by atoms with Gasteiger partial charge in [-0.15, -0.1) is 0 Å². The molecule has 0 saturated heterocycles. The van der Waals surface area contributed by atoms with Crippen LogP contribution in [-0.2, 0) is 9.53 Å². The molecule has 1 N–H and O–H groups in total. The molecule has 2 aromatic heterocycles. The van der Waals surface area contributed by atoms with Crippen LogP contribution in [0.25, 0.3) is 22.4 Å². The topological polar surface area (TPSA) is 77.2 Å². The summed E-state index contributed by atoms with van der Waals surface area (Å²) in [4.78, 5) is 19.6. The second-order valence-corrected chi connectivity index (χ2v) is 5.24. The zero-order valence-electron chi connectivity index (χ0n) is 11.7. The lowest BCUT2D eigenvalue weighted by Crippen LogP contribution is -2.15. The molecule has 0 unspecified atom stereocenters. The molecule has 22 heavy (non-hydrogen) atoms. The lowest BCUT2D eigenvalue weighted by atomic mass is 10.2. The van der Waals surface area contributed by atoms with Gasteiger partial charge in [-0.3, -0.25) is 4.79 Å². The van der Waals surface area contributed by atoms with Crippen molar-refractivity contribution in [2.75, 3.05) is 19.0 Å². The number of fused-ring (bicyclic) bond motifs is 1. The number of aromatic nitrogens is 2. The number of anilines is 1. The van der Waals surface area contributed by atoms with E-state index in [-0.39, 0.29) is 12.5 Å². The molecule has 0 amide bonds. The van der Waals surface area contributed by atoms with E-state index in [0.29, 0.717) is 22.7 Å². The maximum Gasteiger partial charge on any atom is 0.325 e. The number of hydrogen-bond acceptors (Lipinski definition) is 6. The van der Waals surface area contributed by atoms with Crippen molar-refractivity contribution in [1.82, 2.24) is 9.97 Å². The summed E-state index contributed by atoms with van der Waals surface area (Å²) in [6.07, 6.45) is 1.38. The summed E-state index contributed by atoms with van der Waals surface area (Å²) in [6.45, 7) is 0.0148. The first-order valence-electron chi connectivity index (χ1n) is 6.50. The number of halogens is 1. The molecule has 3 rings (SSSR count). The molecule has 7 heteroatoms. The number of ether oxygens (including phenoxy) is 1. The van der Waals surface area contributed by atoms with E-state index >= 15 is 0 Å². The van der Waals surface area contributed by atoms with Crippen LogP contribution in [-0.4, -0.2) is 29.6 Å². The molecule has 0 atom stereocenters. The zero-order valence-corrected chi connectivity index (χ0v) is 13.3. The van der Waals surface area contributed by atoms with Crippen molar-refractivity contribution in [1.29, 1.82) is 0 Å². The zero-order chi connectivity index (χ0) is 15.5. The highest BCUT2D eigenvalue weighted by molar-refractivity contribution is 9.10. The molecular formula is C15H12BrN3O3. The Balaban J connectivity index is 2.05. The Hall–Kier alpha value is -2.41. The third-order valence-corrected chi connectivity index (χ3v) is 3.85. The van der Waals surface area contributed by atoms with Crippen molar-refractivity contribution < 1.29 is 13.9 Å². The normalized spacial score (nSPS) is 10.6. The molecule has 0 radical (unpaired) electrons. The maximum atomic E-state index is 11.3. The number of hydrogen-bond donors (Lipinski definition) is 1. The first-order chi connectivity index (χ1) is 10.7. The van der Waals surface area contributed by atoms with Crippen LogP contribution in [0.3, 0.4) is 0 Å². The third-order valence-electron chi connectivity index (χ3n) is 3.09. The summed E-state index contributed by atoms with van der Waals surface area (Å²) in [5, 5.41) is 3.61. The quantitative estimate of drug-likeness (QED) is 0.718. The van der Waals surface area contributed by atoms with E-state index in [2.05, 4.69) is 36.0 Å². The van der Waals surface area contributed by atoms with Gasteiger partial charge in [0.25, 0.3) is 0 Å². The van der Waals surface area contributed by atoms with Crippen LogP contribution in [0.4, 0.5) is 5.82 Å². The number of methoxy groups -OCH3 is 1. The van der Waals surface area contributed by atoms with Gasteiger partial charge in [0, 0.05) is 5.56 Å². The smallest absolute Gasteiger partial charge is 0.325 e. The molecule has 0 spiro atoms. The van der Waals surface area contributed by atoms with Crippen LogP contribution >= 0.6 is 15.9 Å². The fourth-order valence-corrected chi connectivity index (χ4v) is 2.70. The number of esters is 1. The summed E-state index contributed by atoms with van der Waals surface area (Å²) in [5.74, 6) is 0.792. The summed E-state index contributed by atoms with van der Waals surface area (Å²) < 4.78 is 11.2. The monoisotopic (exact) mass is 361 g/mol. The number of rotatable bonds is 4. The predicted molar refractivity (Wildman–Crippen MR) is 85.4 cm³/mol. The highest BCUT2D eigenvalue weighted by Crippen LogP contribution is 2.39. The minimum Gasteiger partial charge on any atom is -0.468 e. The third kappa shape index (κ3) is 2.67. The van der Waals surface area contributed by atoms with Crippen molar-refractivity contribution in [3.8, 4) is 11.3 Å². The van der Waals surface area contributed by atoms with Crippen LogP contribution in [0, 0.1) is 0 Å². The van der Waals surface area contributed by atoms with E-state index in [0.717, 1.165) is 10.0 Å². The number of nitrogens with one attached hydrogen (secondary N) is 1. The van der Waals surface area contributed by atoms with Gasteiger partial charge in [-0.2, -0.15) is 0 Å². The Morgan fingerprint density at radius 3 is 2.82 bits per heavy atom. The van der Waals surface area contributed by atoms with Crippen LogP contribution in [0.5, 0.6) is 0 Å². The van der Waals surface area contributed by atoms with E-state index in [4.69, 9.17) is 4.42 Å². The van der Waals surface area contributed by atoms with Crippen molar-refractivity contribution in [2.45, 2.75) is 0 Å². The van der Waals surface area contributed by atoms with Crippen molar-refractivity contribution in [3.05, 3.63) is 41.1 Å². The van der Waals surface area contributed by atoms with Crippen molar-refractivity contribution in [2.24, 2.45) is 0 Å². The van der Waals surface area contributed by atoms with E-state index < -0.39 is 0 Å². The molecule has 112 valence electrons. The van der Waals surface area contributed by atoms with Gasteiger partial charge in [0.15, 0.2) is 5.76 Å². The molecule has 0 bridgehead atoms. The molecule has 2 heterocycles. The maximum absolute atomic E-state index is 11.3. The second kappa shape index (κ2) is 6.15. The Bertz CT molecular complexity index is 818. The first kappa shape index (κ1) is 14.5. The van der Waals surface area contributed by atoms with Crippen molar-refractivity contribution in [3.63, 3.8) is 0 Å². The Labute approximate surface area is 134 Å². The van der Waals surface area contributed by atoms with Gasteiger partial charge < -0.3 is 14.5 Å². The highest BCUT2D eigenvalue weighted by Gasteiger charge is 2.18. The summed E-state index contributed by atoms with van der Waals surface area (Å²) in [5.41, 5.74) is 1.36. The van der Waals surface area contributed by atoms with Gasteiger partial charge in [-0.25, -0.2) is 9.97 Å². The number of benzene rings is 1. The molecular weight excluding hydrogens is 350 g/mol. The molecule has 0 saturated carbocycles. The summed E-state index contributed by atoms with van der Waals surface area (Å²) >= 11 is 3.53. The Kier molecular flexibility index (Phi) is 4.06. The largest absolute Gasteiger partial charge is 0.468 e. The van der Waals surface area contributed by atoms with Crippen molar-refractivity contribution >= 4 is 38.8 Å². The predicted octanol–water partition coefficient (Wildman–Crippen LogP) is 3.24. The Morgan fingerprint density at radius 1 is 1.32 bits per heavy atom. The molecule has 0 aliphatic carbocycles. The lowest BCUT2D eigenvalue weighted by Gasteiger charge is -2.04. The molecule has 0 fully saturated rings. The minimum absolute atomic E-state index is 0.0148.